The Morgan fingerprint density at radius 1 is 1.09 bits per heavy atom. The molecule has 9 heteroatoms. The summed E-state index contributed by atoms with van der Waals surface area (Å²) < 4.78 is 39.1. The Hall–Kier alpha value is -2.29. The molecule has 0 radical (unpaired) electrons. The van der Waals surface area contributed by atoms with Crippen molar-refractivity contribution in [3.63, 3.8) is 0 Å². The lowest BCUT2D eigenvalue weighted by atomic mass is 10.3. The highest BCUT2D eigenvalue weighted by molar-refractivity contribution is 7.92. The second kappa shape index (κ2) is 12.3. The summed E-state index contributed by atoms with van der Waals surface area (Å²) in [7, 11) is -3.99. The van der Waals surface area contributed by atoms with Crippen molar-refractivity contribution < 1.29 is 22.7 Å². The van der Waals surface area contributed by atoms with Gasteiger partial charge in [-0.3, -0.25) is 9.10 Å². The van der Waals surface area contributed by atoms with Crippen molar-refractivity contribution in [3.8, 4) is 5.75 Å². The van der Waals surface area contributed by atoms with Crippen LogP contribution in [0.1, 0.15) is 39.0 Å². The van der Waals surface area contributed by atoms with Crippen LogP contribution < -0.4 is 14.4 Å². The number of ether oxygens (including phenoxy) is 2. The van der Waals surface area contributed by atoms with Crippen LogP contribution in [0.2, 0.25) is 5.02 Å². The van der Waals surface area contributed by atoms with Gasteiger partial charge in [0.2, 0.25) is 5.91 Å². The molecule has 0 aliphatic heterocycles. The van der Waals surface area contributed by atoms with Gasteiger partial charge in [0.05, 0.1) is 23.3 Å². The standard InChI is InChI=1S/C24H31ClN2O5S/c1-2-31-22-12-10-20(11-13-22)27(33(29,30)23-14-8-19(25)9-15-23)18-24(28)26-16-5-17-32-21-6-3-4-7-21/h8-15,21H,2-7,16-18H2,1H3,(H,26,28). The molecule has 1 aliphatic carbocycles. The number of sulfonamides is 1. The van der Waals surface area contributed by atoms with Crippen molar-refractivity contribution in [2.45, 2.75) is 50.0 Å². The van der Waals surface area contributed by atoms with Crippen LogP contribution in [0.4, 0.5) is 5.69 Å². The first-order valence-corrected chi connectivity index (χ1v) is 13.1. The predicted octanol–water partition coefficient (Wildman–Crippen LogP) is 4.40. The van der Waals surface area contributed by atoms with E-state index < -0.39 is 10.0 Å². The number of hydrogen-bond acceptors (Lipinski definition) is 5. The van der Waals surface area contributed by atoms with E-state index >= 15 is 0 Å². The molecule has 1 N–H and O–H groups in total. The van der Waals surface area contributed by atoms with Gasteiger partial charge in [-0.2, -0.15) is 0 Å². The third-order valence-corrected chi connectivity index (χ3v) is 7.46. The summed E-state index contributed by atoms with van der Waals surface area (Å²) in [6.45, 7) is 3.02. The van der Waals surface area contributed by atoms with Gasteiger partial charge in [0.1, 0.15) is 12.3 Å². The molecule has 33 heavy (non-hydrogen) atoms. The van der Waals surface area contributed by atoms with Gasteiger partial charge in [-0.15, -0.1) is 0 Å². The Balaban J connectivity index is 1.67. The molecule has 7 nitrogen and oxygen atoms in total. The second-order valence-electron chi connectivity index (χ2n) is 7.87. The number of carbonyl (C=O) groups excluding carboxylic acids is 1. The van der Waals surface area contributed by atoms with Crippen molar-refractivity contribution in [2.75, 3.05) is 30.6 Å². The number of rotatable bonds is 12. The molecule has 0 spiro atoms. The Morgan fingerprint density at radius 2 is 1.76 bits per heavy atom. The predicted molar refractivity (Wildman–Crippen MR) is 129 cm³/mol. The van der Waals surface area contributed by atoms with Crippen LogP contribution >= 0.6 is 11.6 Å². The van der Waals surface area contributed by atoms with Gasteiger partial charge in [-0.1, -0.05) is 24.4 Å². The maximum absolute atomic E-state index is 13.4. The molecule has 180 valence electrons. The summed E-state index contributed by atoms with van der Waals surface area (Å²) in [5.41, 5.74) is 0.369. The van der Waals surface area contributed by atoms with E-state index in [9.17, 15) is 13.2 Å². The van der Waals surface area contributed by atoms with E-state index in [-0.39, 0.29) is 17.3 Å². The molecule has 2 aromatic rings. The van der Waals surface area contributed by atoms with Crippen LogP contribution in [0.15, 0.2) is 53.4 Å². The number of halogens is 1. The molecule has 0 unspecified atom stereocenters. The van der Waals surface area contributed by atoms with Crippen molar-refractivity contribution in [3.05, 3.63) is 53.6 Å². The third kappa shape index (κ3) is 7.35. The lowest BCUT2D eigenvalue weighted by Gasteiger charge is -2.24. The molecular weight excluding hydrogens is 464 g/mol. The lowest BCUT2D eigenvalue weighted by molar-refractivity contribution is -0.119. The highest BCUT2D eigenvalue weighted by atomic mass is 35.5. The Labute approximate surface area is 201 Å². The van der Waals surface area contributed by atoms with Crippen molar-refractivity contribution in [1.82, 2.24) is 5.32 Å². The normalized spacial score (nSPS) is 14.2. The van der Waals surface area contributed by atoms with Gasteiger partial charge < -0.3 is 14.8 Å². The number of hydrogen-bond donors (Lipinski definition) is 1. The van der Waals surface area contributed by atoms with Gasteiger partial charge >= 0.3 is 0 Å². The van der Waals surface area contributed by atoms with Gasteiger partial charge in [-0.25, -0.2) is 8.42 Å². The first-order chi connectivity index (χ1) is 15.9. The molecule has 1 amide bonds. The largest absolute Gasteiger partial charge is 0.494 e. The van der Waals surface area contributed by atoms with Gasteiger partial charge in [-0.05, 0) is 74.7 Å². The molecule has 0 saturated heterocycles. The van der Waals surface area contributed by atoms with Gasteiger partial charge in [0.25, 0.3) is 10.0 Å². The van der Waals surface area contributed by atoms with Crippen LogP contribution in [-0.2, 0) is 19.6 Å². The van der Waals surface area contributed by atoms with E-state index in [2.05, 4.69) is 5.32 Å². The number of carbonyl (C=O) groups is 1. The van der Waals surface area contributed by atoms with E-state index in [1.165, 1.54) is 37.1 Å². The Morgan fingerprint density at radius 3 is 2.39 bits per heavy atom. The molecule has 1 aliphatic rings. The lowest BCUT2D eigenvalue weighted by Crippen LogP contribution is -2.41. The molecule has 1 saturated carbocycles. The summed E-state index contributed by atoms with van der Waals surface area (Å²) in [5.74, 6) is 0.235. The maximum atomic E-state index is 13.4. The molecule has 2 aromatic carbocycles. The average molecular weight is 495 g/mol. The van der Waals surface area contributed by atoms with Gasteiger partial charge in [0.15, 0.2) is 0 Å². The molecule has 0 bridgehead atoms. The first-order valence-electron chi connectivity index (χ1n) is 11.3. The van der Waals surface area contributed by atoms with E-state index in [0.717, 1.165) is 17.1 Å². The maximum Gasteiger partial charge on any atom is 0.264 e. The summed E-state index contributed by atoms with van der Waals surface area (Å²) in [5, 5.41) is 3.23. The fraction of sp³-hybridized carbons (Fsp3) is 0.458. The van der Waals surface area contributed by atoms with Gasteiger partial charge in [0, 0.05) is 18.2 Å². The number of nitrogens with one attached hydrogen (secondary N) is 1. The van der Waals surface area contributed by atoms with Crippen LogP contribution in [0.5, 0.6) is 5.75 Å². The van der Waals surface area contributed by atoms with Crippen molar-refractivity contribution >= 4 is 33.2 Å². The van der Waals surface area contributed by atoms with Crippen LogP contribution in [0.3, 0.4) is 0 Å². The van der Waals surface area contributed by atoms with Crippen molar-refractivity contribution in [2.24, 2.45) is 0 Å². The van der Waals surface area contributed by atoms with E-state index in [1.807, 2.05) is 6.92 Å². The minimum absolute atomic E-state index is 0.0542. The van der Waals surface area contributed by atoms with E-state index in [1.54, 1.807) is 24.3 Å². The van der Waals surface area contributed by atoms with E-state index in [4.69, 9.17) is 21.1 Å². The summed E-state index contributed by atoms with van der Waals surface area (Å²) in [6.07, 6.45) is 5.64. The minimum atomic E-state index is -3.99. The first kappa shape index (κ1) is 25.3. The summed E-state index contributed by atoms with van der Waals surface area (Å²) in [4.78, 5) is 12.7. The molecule has 0 atom stereocenters. The number of amides is 1. The van der Waals surface area contributed by atoms with E-state index in [0.29, 0.717) is 48.7 Å². The zero-order chi connectivity index (χ0) is 23.7. The Kier molecular flexibility index (Phi) is 9.41. The molecule has 0 aromatic heterocycles. The summed E-state index contributed by atoms with van der Waals surface area (Å²) >= 11 is 5.92. The second-order valence-corrected chi connectivity index (χ2v) is 10.2. The van der Waals surface area contributed by atoms with Crippen molar-refractivity contribution in [1.29, 1.82) is 0 Å². The molecular formula is C24H31ClN2O5S. The number of nitrogens with zero attached hydrogens (tertiary/aromatic N) is 1. The quantitative estimate of drug-likeness (QED) is 0.442. The SMILES string of the molecule is CCOc1ccc(N(CC(=O)NCCCOC2CCCC2)S(=O)(=O)c2ccc(Cl)cc2)cc1. The molecule has 0 heterocycles. The highest BCUT2D eigenvalue weighted by Gasteiger charge is 2.27. The zero-order valence-electron chi connectivity index (χ0n) is 18.8. The minimum Gasteiger partial charge on any atom is -0.494 e. The average Bonchev–Trinajstić information content (AvgIpc) is 3.32. The van der Waals surface area contributed by atoms with Crippen LogP contribution in [0, 0.1) is 0 Å². The fourth-order valence-corrected chi connectivity index (χ4v) is 5.26. The number of anilines is 1. The molecule has 1 fully saturated rings. The van der Waals surface area contributed by atoms with Crippen LogP contribution in [0.25, 0.3) is 0 Å². The topological polar surface area (TPSA) is 84.9 Å². The number of benzene rings is 2. The zero-order valence-corrected chi connectivity index (χ0v) is 20.4. The smallest absolute Gasteiger partial charge is 0.264 e. The Bertz CT molecular complexity index is 991. The molecule has 3 rings (SSSR count). The monoisotopic (exact) mass is 494 g/mol. The third-order valence-electron chi connectivity index (χ3n) is 5.42. The summed E-state index contributed by atoms with van der Waals surface area (Å²) in [6, 6.07) is 12.5. The fourth-order valence-electron chi connectivity index (χ4n) is 3.72. The van der Waals surface area contributed by atoms with Crippen LogP contribution in [-0.4, -0.2) is 46.7 Å². The highest BCUT2D eigenvalue weighted by Crippen LogP contribution is 2.26.